The topological polar surface area (TPSA) is 346 Å². The molecular weight excluding hydrogens is 1980 g/mol. The number of aromatic hydroxyl groups is 3. The van der Waals surface area contributed by atoms with Crippen molar-refractivity contribution >= 4 is 195 Å². The number of benzene rings is 3. The number of nitriles is 3. The number of carbonyl (C=O) groups excluding carboxylic acids is 3. The number of rotatable bonds is 15. The molecule has 3 N–H and O–H groups in total. The Morgan fingerprint density at radius 3 is 0.867 bits per heavy atom. The molecule has 0 radical (unpaired) electrons. The van der Waals surface area contributed by atoms with Crippen molar-refractivity contribution < 1.29 is 47.3 Å². The molecule has 42 heteroatoms. The summed E-state index contributed by atoms with van der Waals surface area (Å²) in [6, 6.07) is 15.7. The van der Waals surface area contributed by atoms with Crippen LogP contribution in [0.2, 0.25) is 55.2 Å². The van der Waals surface area contributed by atoms with E-state index in [4.69, 9.17) is 138 Å². The van der Waals surface area contributed by atoms with Crippen molar-refractivity contribution in [2.75, 3.05) is 93.2 Å². The fourth-order valence-corrected chi connectivity index (χ4v) is 19.4. The summed E-state index contributed by atoms with van der Waals surface area (Å²) in [6.45, 7) is 30.9. The van der Waals surface area contributed by atoms with E-state index in [0.29, 0.717) is 114 Å². The average Bonchev–Trinajstić information content (AvgIpc) is 0.728. The summed E-state index contributed by atoms with van der Waals surface area (Å²) < 4.78 is 63.9. The van der Waals surface area contributed by atoms with Crippen molar-refractivity contribution in [3.8, 4) is 86.3 Å². The number of aryl methyl sites for hydroxylation is 3. The number of pyridine rings is 9. The second kappa shape index (κ2) is 40.5. The van der Waals surface area contributed by atoms with Gasteiger partial charge in [-0.25, -0.2) is 32.5 Å². The molecule has 9 aromatic heterocycles. The van der Waals surface area contributed by atoms with E-state index < -0.39 is 103 Å². The average molecular weight is 2050 g/mol. The molecule has 0 aliphatic carbocycles. The van der Waals surface area contributed by atoms with Crippen LogP contribution in [0.3, 0.4) is 0 Å². The number of amides is 3. The number of nitrogens with zero attached hydrogens (tertiary/aromatic N) is 18. The molecule has 3 saturated heterocycles. The van der Waals surface area contributed by atoms with Gasteiger partial charge in [0.1, 0.15) is 66.9 Å². The molecule has 3 aliphatic rings. The summed E-state index contributed by atoms with van der Waals surface area (Å²) in [5.41, 5.74) is 1.19. The Hall–Kier alpha value is -12.0. The highest BCUT2D eigenvalue weighted by Crippen LogP contribution is 2.53. The summed E-state index contributed by atoms with van der Waals surface area (Å²) in [5.74, 6) is -8.96. The van der Waals surface area contributed by atoms with Gasteiger partial charge in [0.05, 0.1) is 114 Å². The van der Waals surface area contributed by atoms with Gasteiger partial charge in [-0.1, -0.05) is 189 Å². The molecule has 0 spiro atoms. The molecule has 12 heterocycles. The van der Waals surface area contributed by atoms with Crippen LogP contribution < -0.4 is 31.4 Å². The minimum Gasteiger partial charge on any atom is -0.505 e. The van der Waals surface area contributed by atoms with Gasteiger partial charge < -0.3 is 44.7 Å². The number of aromatic nitrogens is 9. The van der Waals surface area contributed by atoms with Crippen molar-refractivity contribution in [1.82, 2.24) is 58.3 Å². The maximum Gasteiger partial charge on any atom is 0.276 e. The number of carbonyl (C=O) groups is 3. The Kier molecular flexibility index (Phi) is 30.1. The molecule has 135 heavy (non-hydrogen) atoms. The second-order valence-corrected chi connectivity index (χ2v) is 36.3. The van der Waals surface area contributed by atoms with Crippen LogP contribution in [0.5, 0.6) is 17.2 Å². The first kappa shape index (κ1) is 100. The van der Waals surface area contributed by atoms with E-state index in [2.05, 4.69) is 51.8 Å². The van der Waals surface area contributed by atoms with Crippen molar-refractivity contribution in [2.45, 2.75) is 80.1 Å². The van der Waals surface area contributed by atoms with Gasteiger partial charge in [0, 0.05) is 124 Å². The van der Waals surface area contributed by atoms with Crippen molar-refractivity contribution in [3.05, 3.63) is 253 Å². The van der Waals surface area contributed by atoms with Crippen LogP contribution in [0.15, 0.2) is 107 Å². The molecule has 0 saturated carbocycles. The molecule has 3 amide bonds. The first-order chi connectivity index (χ1) is 64.0. The van der Waals surface area contributed by atoms with Gasteiger partial charge in [-0.15, -0.1) is 0 Å². The number of hydrogen-bond acceptors (Lipinski definition) is 21. The molecule has 0 bridgehead atoms. The highest BCUT2D eigenvalue weighted by Gasteiger charge is 2.38. The third kappa shape index (κ3) is 18.0. The lowest BCUT2D eigenvalue weighted by Gasteiger charge is -2.36. The van der Waals surface area contributed by atoms with E-state index in [9.17, 15) is 73.0 Å². The largest absolute Gasteiger partial charge is 0.505 e. The molecule has 3 fully saturated rings. The van der Waals surface area contributed by atoms with Crippen molar-refractivity contribution in [1.29, 1.82) is 15.8 Å². The van der Waals surface area contributed by atoms with Gasteiger partial charge in [-0.2, -0.15) is 15.8 Å². The van der Waals surface area contributed by atoms with E-state index in [-0.39, 0.29) is 161 Å². The maximum absolute atomic E-state index is 15.4. The third-order valence-corrected chi connectivity index (χ3v) is 26.7. The predicted octanol–water partition coefficient (Wildman–Crippen LogP) is 20.6. The minimum absolute atomic E-state index is 0.0537. The highest BCUT2D eigenvalue weighted by molar-refractivity contribution is 6.46. The van der Waals surface area contributed by atoms with Gasteiger partial charge in [-0.3, -0.25) is 57.4 Å². The number of anilines is 3. The lowest BCUT2D eigenvalue weighted by atomic mass is 10.0. The molecule has 3 aliphatic heterocycles. The zero-order valence-electron chi connectivity index (χ0n) is 72.8. The van der Waals surface area contributed by atoms with E-state index >= 15 is 4.39 Å². The van der Waals surface area contributed by atoms with E-state index in [0.717, 1.165) is 0 Å². The number of piperazine rings is 3. The lowest BCUT2D eigenvalue weighted by Crippen LogP contribution is -2.49. The Morgan fingerprint density at radius 2 is 0.622 bits per heavy atom. The molecular formula is C93H75Cl11F4N18O9. The van der Waals surface area contributed by atoms with E-state index in [1.54, 1.807) is 77.2 Å². The summed E-state index contributed by atoms with van der Waals surface area (Å²) >= 11 is 69.5. The Balaban J connectivity index is 0.000000171. The van der Waals surface area contributed by atoms with Gasteiger partial charge >= 0.3 is 0 Å². The molecule has 0 atom stereocenters. The Bertz CT molecular complexity index is 6650. The van der Waals surface area contributed by atoms with Crippen LogP contribution in [-0.2, 0) is 14.4 Å². The van der Waals surface area contributed by atoms with Crippen LogP contribution in [0.4, 0.5) is 34.6 Å². The molecule has 27 nitrogen and oxygen atoms in total. The van der Waals surface area contributed by atoms with Crippen molar-refractivity contribution in [2.24, 2.45) is 0 Å². The van der Waals surface area contributed by atoms with Gasteiger partial charge in [0.2, 0.25) is 17.7 Å². The van der Waals surface area contributed by atoms with Gasteiger partial charge in [-0.05, 0) is 110 Å². The highest BCUT2D eigenvalue weighted by atomic mass is 35.5. The van der Waals surface area contributed by atoms with Crippen LogP contribution >= 0.6 is 128 Å². The molecule has 12 aromatic rings. The number of phenols is 3. The van der Waals surface area contributed by atoms with Gasteiger partial charge in [0.25, 0.3) is 16.7 Å². The fourth-order valence-electron chi connectivity index (χ4n) is 16.4. The SMILES string of the molecule is C=CC(=O)N1CCN(c2c(C#N)c(=O)n(-c3c(C)ccnc3C(C)C)c3nc(-c4c(Cl)c(O)c(Cl)c(F)c4Cl)c(Cl)cc23)CC1.C=CC(=O)N1CCN(c2c(C#N)c(=O)n(-c3c(C)ccnc3C(C)C)c3nc(-c4c(Cl)c(O)c(Cl)c(F)c4Cl)c(Cl)cc23)CC1.C=CC(=O)N1CCN(c2c(C#N)c(=O)n(-c3c(C)ccnc3C(C)C)c3nc(-c4c(F)c(F)c(Cl)c(O)c4Cl)c(Cl)cc23)CC1. The zero-order valence-corrected chi connectivity index (χ0v) is 81.1. The van der Waals surface area contributed by atoms with Crippen LogP contribution in [0.1, 0.15) is 110 Å². The summed E-state index contributed by atoms with van der Waals surface area (Å²) in [4.78, 5) is 118. The Labute approximate surface area is 823 Å². The monoisotopic (exact) mass is 2050 g/mol. The molecule has 15 rings (SSSR count). The summed E-state index contributed by atoms with van der Waals surface area (Å²) in [6.07, 6.45) is 8.51. The molecule has 0 unspecified atom stereocenters. The first-order valence-electron chi connectivity index (χ1n) is 41.1. The zero-order chi connectivity index (χ0) is 98.7. The van der Waals surface area contributed by atoms with Gasteiger partial charge in [0.15, 0.2) is 40.5 Å². The van der Waals surface area contributed by atoms with Crippen molar-refractivity contribution in [3.63, 3.8) is 0 Å². The summed E-state index contributed by atoms with van der Waals surface area (Å²) in [5, 5.41) is 58.2. The maximum atomic E-state index is 15.4. The predicted molar refractivity (Wildman–Crippen MR) is 519 cm³/mol. The second-order valence-electron chi connectivity index (χ2n) is 32.0. The number of halogens is 15. The normalized spacial score (nSPS) is 13.4. The number of phenolic OH excluding ortho intramolecular Hbond substituents is 3. The van der Waals surface area contributed by atoms with E-state index in [1.807, 2.05) is 57.4 Å². The summed E-state index contributed by atoms with van der Waals surface area (Å²) in [7, 11) is 0. The minimum atomic E-state index is -1.57. The first-order valence-corrected chi connectivity index (χ1v) is 45.3. The Morgan fingerprint density at radius 1 is 0.378 bits per heavy atom. The number of fused-ring (bicyclic) bond motifs is 3. The lowest BCUT2D eigenvalue weighted by molar-refractivity contribution is -0.127. The molecule has 3 aromatic carbocycles. The standard InChI is InChI=1S/2C31H25Cl4FN6O3.C31H25Cl3F2N6O3/c2*1-5-19(43)40-8-10-41(11-9-40)28-16-12-18(32)26(20-21(33)24(36)23(35)29(44)22(20)34)39-30(16)42(31(45)17(28)13-37)27-15(4)6-7-38-25(27)14(2)3;1-5-19(43)40-8-10-41(11-9-40)28-16-12-18(32)26(20-21(33)29(44)22(34)24(36)23(20)35)39-30(16)42(31(45)17(28)13-37)27-15(4)6-7-38-25(27)14(2)3/h3*5-7,12,14,44H,1,8-11H2,2-4H3. The smallest absolute Gasteiger partial charge is 0.276 e. The number of hydrogen-bond donors (Lipinski definition) is 3. The fraction of sp³-hybridized carbons (Fsp3) is 0.258. The van der Waals surface area contributed by atoms with Crippen LogP contribution in [-0.4, -0.2) is 170 Å². The molecule has 696 valence electrons. The van der Waals surface area contributed by atoms with Crippen LogP contribution in [0.25, 0.3) is 83.9 Å². The van der Waals surface area contributed by atoms with E-state index in [1.165, 1.54) is 50.1 Å². The third-order valence-electron chi connectivity index (χ3n) is 23.0. The van der Waals surface area contributed by atoms with Crippen LogP contribution in [0, 0.1) is 78.0 Å². The quantitative estimate of drug-likeness (QED) is 0.0371.